The van der Waals surface area contributed by atoms with Crippen LogP contribution in [0.15, 0.2) is 77.6 Å². The third-order valence-corrected chi connectivity index (χ3v) is 10.4. The first-order valence-electron chi connectivity index (χ1n) is 16.7. The Kier molecular flexibility index (Phi) is 10.5. The standard InChI is InChI=1S/C38H37ClF4N6O4S/c1-38(2,3)23-8-11-27-30(17-23)45-35(29(44)16-22-14-24(40)18-25(41)15-22)49(37(27)50)31-13-12-28(39)33-34(31)47(20-32(42)43)46-36(33)48(54(5,51)52)19-21-6-9-26(53-4)10-7-21/h6-15,17-18,29,32H,16,19-20,44H2,1-5H3. The lowest BCUT2D eigenvalue weighted by Crippen LogP contribution is -2.30. The van der Waals surface area contributed by atoms with Gasteiger partial charge in [-0.25, -0.2) is 35.3 Å². The van der Waals surface area contributed by atoms with Gasteiger partial charge in [0.1, 0.15) is 29.8 Å². The summed E-state index contributed by atoms with van der Waals surface area (Å²) in [5.41, 5.74) is 7.49. The van der Waals surface area contributed by atoms with Crippen molar-refractivity contribution < 1.29 is 30.7 Å². The summed E-state index contributed by atoms with van der Waals surface area (Å²) in [6, 6.07) is 16.3. The molecule has 10 nitrogen and oxygen atoms in total. The molecule has 0 fully saturated rings. The minimum atomic E-state index is -4.13. The van der Waals surface area contributed by atoms with Crippen LogP contribution in [0.3, 0.4) is 0 Å². The molecule has 1 atom stereocenters. The van der Waals surface area contributed by atoms with E-state index in [1.165, 1.54) is 19.2 Å². The highest BCUT2D eigenvalue weighted by Gasteiger charge is 2.30. The van der Waals surface area contributed by atoms with Crippen molar-refractivity contribution in [1.82, 2.24) is 19.3 Å². The van der Waals surface area contributed by atoms with Crippen LogP contribution in [-0.4, -0.2) is 47.5 Å². The molecule has 2 aromatic heterocycles. The highest BCUT2D eigenvalue weighted by molar-refractivity contribution is 7.92. The zero-order valence-electron chi connectivity index (χ0n) is 29.9. The quantitative estimate of drug-likeness (QED) is 0.135. The molecule has 16 heteroatoms. The maximum atomic E-state index is 14.7. The van der Waals surface area contributed by atoms with E-state index in [2.05, 4.69) is 5.10 Å². The van der Waals surface area contributed by atoms with Crippen LogP contribution in [0.2, 0.25) is 5.02 Å². The number of ether oxygens (including phenoxy) is 1. The van der Waals surface area contributed by atoms with Gasteiger partial charge in [-0.3, -0.25) is 14.0 Å². The molecule has 0 saturated heterocycles. The summed E-state index contributed by atoms with van der Waals surface area (Å²) in [6.07, 6.45) is -2.19. The van der Waals surface area contributed by atoms with Gasteiger partial charge in [0.25, 0.3) is 12.0 Å². The Balaban J connectivity index is 1.66. The van der Waals surface area contributed by atoms with E-state index < -0.39 is 46.2 Å². The van der Waals surface area contributed by atoms with Gasteiger partial charge in [0.15, 0.2) is 5.82 Å². The third-order valence-electron chi connectivity index (χ3n) is 8.95. The van der Waals surface area contributed by atoms with E-state index >= 15 is 0 Å². The fraction of sp³-hybridized carbons (Fsp3) is 0.289. The third kappa shape index (κ3) is 7.79. The summed E-state index contributed by atoms with van der Waals surface area (Å²) >= 11 is 6.76. The van der Waals surface area contributed by atoms with Crippen molar-refractivity contribution in [3.05, 3.63) is 122 Å². The predicted molar refractivity (Wildman–Crippen MR) is 201 cm³/mol. The van der Waals surface area contributed by atoms with Crippen LogP contribution in [0.4, 0.5) is 23.4 Å². The van der Waals surface area contributed by atoms with Crippen molar-refractivity contribution >= 4 is 49.2 Å². The molecule has 0 saturated carbocycles. The van der Waals surface area contributed by atoms with Gasteiger partial charge in [-0.1, -0.05) is 50.6 Å². The SMILES string of the molecule is COc1ccc(CN(c2nn(CC(F)F)c3c(-n4c(C(N)Cc5cc(F)cc(F)c5)nc5cc(C(C)(C)C)ccc5c4=O)ccc(Cl)c23)S(C)(=O)=O)cc1. The van der Waals surface area contributed by atoms with Gasteiger partial charge in [-0.05, 0) is 77.1 Å². The molecule has 54 heavy (non-hydrogen) atoms. The van der Waals surface area contributed by atoms with Crippen LogP contribution in [0.25, 0.3) is 27.5 Å². The summed E-state index contributed by atoms with van der Waals surface area (Å²) in [6.45, 7) is 4.71. The Morgan fingerprint density at radius 1 is 0.963 bits per heavy atom. The number of benzene rings is 4. The van der Waals surface area contributed by atoms with Gasteiger partial charge in [0.05, 0.1) is 58.5 Å². The summed E-state index contributed by atoms with van der Waals surface area (Å²) < 4.78 is 92.0. The smallest absolute Gasteiger partial charge is 0.266 e. The molecular weight excluding hydrogens is 748 g/mol. The van der Waals surface area contributed by atoms with Crippen LogP contribution in [-0.2, 0) is 34.9 Å². The number of alkyl halides is 2. The monoisotopic (exact) mass is 784 g/mol. The summed E-state index contributed by atoms with van der Waals surface area (Å²) in [5, 5.41) is 4.48. The Hall–Kier alpha value is -4.99. The van der Waals surface area contributed by atoms with Crippen molar-refractivity contribution in [1.29, 1.82) is 0 Å². The molecule has 2 N–H and O–H groups in total. The number of hydrogen-bond acceptors (Lipinski definition) is 7. The second-order valence-corrected chi connectivity index (χ2v) is 16.3. The number of nitrogens with zero attached hydrogens (tertiary/aromatic N) is 5. The molecule has 2 heterocycles. The molecule has 0 radical (unpaired) electrons. The first-order chi connectivity index (χ1) is 25.3. The lowest BCUT2D eigenvalue weighted by Gasteiger charge is -2.22. The molecule has 0 aliphatic rings. The van der Waals surface area contributed by atoms with E-state index in [4.69, 9.17) is 27.1 Å². The van der Waals surface area contributed by atoms with Crippen molar-refractivity contribution in [2.45, 2.75) is 58.2 Å². The van der Waals surface area contributed by atoms with Crippen molar-refractivity contribution in [3.8, 4) is 11.4 Å². The lowest BCUT2D eigenvalue weighted by atomic mass is 9.86. The highest BCUT2D eigenvalue weighted by atomic mass is 35.5. The largest absolute Gasteiger partial charge is 0.497 e. The lowest BCUT2D eigenvalue weighted by molar-refractivity contribution is 0.123. The first kappa shape index (κ1) is 38.7. The number of anilines is 1. The van der Waals surface area contributed by atoms with E-state index in [-0.39, 0.29) is 68.1 Å². The number of rotatable bonds is 11. The molecular formula is C38H37ClF4N6O4S. The van der Waals surface area contributed by atoms with E-state index in [9.17, 15) is 30.8 Å². The van der Waals surface area contributed by atoms with Crippen LogP contribution >= 0.6 is 11.6 Å². The molecule has 284 valence electrons. The van der Waals surface area contributed by atoms with Crippen LogP contribution in [0.1, 0.15) is 49.3 Å². The average Bonchev–Trinajstić information content (AvgIpc) is 3.45. The van der Waals surface area contributed by atoms with Crippen molar-refractivity contribution in [2.75, 3.05) is 17.7 Å². The van der Waals surface area contributed by atoms with Gasteiger partial charge >= 0.3 is 0 Å². The molecule has 0 amide bonds. The minimum absolute atomic E-state index is 0.0260. The fourth-order valence-electron chi connectivity index (χ4n) is 6.33. The number of halogens is 5. The van der Waals surface area contributed by atoms with Gasteiger partial charge < -0.3 is 10.5 Å². The van der Waals surface area contributed by atoms with E-state index in [1.807, 2.05) is 20.8 Å². The maximum Gasteiger partial charge on any atom is 0.266 e. The molecule has 0 aliphatic carbocycles. The fourth-order valence-corrected chi connectivity index (χ4v) is 7.40. The van der Waals surface area contributed by atoms with E-state index in [0.29, 0.717) is 17.4 Å². The van der Waals surface area contributed by atoms with Crippen LogP contribution < -0.4 is 20.3 Å². The number of hydrogen-bond donors (Lipinski definition) is 1. The van der Waals surface area contributed by atoms with Crippen molar-refractivity contribution in [2.24, 2.45) is 5.73 Å². The zero-order valence-corrected chi connectivity index (χ0v) is 31.5. The van der Waals surface area contributed by atoms with E-state index in [1.54, 1.807) is 42.5 Å². The van der Waals surface area contributed by atoms with E-state index in [0.717, 1.165) is 37.5 Å². The number of aromatic nitrogens is 4. The second kappa shape index (κ2) is 14.7. The Bertz CT molecular complexity index is 2530. The number of sulfonamides is 1. The number of fused-ring (bicyclic) bond motifs is 2. The van der Waals surface area contributed by atoms with Gasteiger partial charge in [-0.2, -0.15) is 5.10 Å². The Labute approximate surface area is 313 Å². The number of methoxy groups -OCH3 is 1. The normalized spacial score (nSPS) is 12.9. The molecule has 4 aromatic carbocycles. The molecule has 0 spiro atoms. The van der Waals surface area contributed by atoms with Crippen molar-refractivity contribution in [3.63, 3.8) is 0 Å². The highest BCUT2D eigenvalue weighted by Crippen LogP contribution is 2.39. The van der Waals surface area contributed by atoms with Gasteiger partial charge in [0, 0.05) is 6.07 Å². The Morgan fingerprint density at radius 2 is 1.63 bits per heavy atom. The minimum Gasteiger partial charge on any atom is -0.497 e. The van der Waals surface area contributed by atoms with Crippen LogP contribution in [0.5, 0.6) is 5.75 Å². The molecule has 1 unspecified atom stereocenters. The number of nitrogens with two attached hydrogens (primary N) is 1. The summed E-state index contributed by atoms with van der Waals surface area (Å²) in [7, 11) is -2.65. The molecule has 0 bridgehead atoms. The molecule has 0 aliphatic heterocycles. The first-order valence-corrected chi connectivity index (χ1v) is 18.9. The van der Waals surface area contributed by atoms with Gasteiger partial charge in [0.2, 0.25) is 10.0 Å². The predicted octanol–water partition coefficient (Wildman–Crippen LogP) is 7.45. The summed E-state index contributed by atoms with van der Waals surface area (Å²) in [4.78, 5) is 19.5. The van der Waals surface area contributed by atoms with Crippen LogP contribution in [0, 0.1) is 11.6 Å². The van der Waals surface area contributed by atoms with Gasteiger partial charge in [-0.15, -0.1) is 0 Å². The Morgan fingerprint density at radius 3 is 2.22 bits per heavy atom. The molecule has 6 aromatic rings. The topological polar surface area (TPSA) is 125 Å². The molecule has 6 rings (SSSR count). The summed E-state index contributed by atoms with van der Waals surface area (Å²) in [5.74, 6) is -1.44. The maximum absolute atomic E-state index is 14.7. The average molecular weight is 785 g/mol. The second-order valence-electron chi connectivity index (χ2n) is 14.0. The zero-order chi connectivity index (χ0) is 39.3.